The second-order valence-corrected chi connectivity index (χ2v) is 6.42. The fourth-order valence-electron chi connectivity index (χ4n) is 2.83. The third kappa shape index (κ3) is 5.58. The van der Waals surface area contributed by atoms with Gasteiger partial charge in [0.05, 0.1) is 5.92 Å². The summed E-state index contributed by atoms with van der Waals surface area (Å²) in [4.78, 5) is 26.1. The number of nitrogens with zero attached hydrogens (tertiary/aromatic N) is 1. The van der Waals surface area contributed by atoms with E-state index in [0.29, 0.717) is 13.1 Å². The van der Waals surface area contributed by atoms with E-state index in [4.69, 9.17) is 0 Å². The van der Waals surface area contributed by atoms with E-state index >= 15 is 0 Å². The number of amides is 3. The van der Waals surface area contributed by atoms with Crippen LogP contribution in [0.1, 0.15) is 32.3 Å². The van der Waals surface area contributed by atoms with Gasteiger partial charge in [-0.2, -0.15) is 0 Å². The van der Waals surface area contributed by atoms with Gasteiger partial charge in [-0.05, 0) is 38.7 Å². The predicted octanol–water partition coefficient (Wildman–Crippen LogP) is 2.18. The Balaban J connectivity index is 1.76. The molecule has 1 saturated heterocycles. The second-order valence-electron chi connectivity index (χ2n) is 6.42. The number of carbonyl (C=O) groups is 2. The number of urea groups is 1. The summed E-state index contributed by atoms with van der Waals surface area (Å²) in [7, 11) is 0. The van der Waals surface area contributed by atoms with Crippen LogP contribution in [0.2, 0.25) is 0 Å². The van der Waals surface area contributed by atoms with Crippen LogP contribution in [0, 0.1) is 5.92 Å². The molecule has 5 nitrogen and oxygen atoms in total. The minimum absolute atomic E-state index is 0.0583. The van der Waals surface area contributed by atoms with E-state index in [1.165, 1.54) is 5.56 Å². The monoisotopic (exact) mass is 317 g/mol. The number of nitrogens with one attached hydrogen (secondary N) is 2. The Hall–Kier alpha value is -2.04. The van der Waals surface area contributed by atoms with Crippen molar-refractivity contribution in [3.8, 4) is 0 Å². The summed E-state index contributed by atoms with van der Waals surface area (Å²) in [5, 5.41) is 5.90. The summed E-state index contributed by atoms with van der Waals surface area (Å²) in [6.07, 6.45) is 2.56. The van der Waals surface area contributed by atoms with Crippen LogP contribution in [0.3, 0.4) is 0 Å². The second kappa shape index (κ2) is 8.56. The molecule has 1 heterocycles. The molecule has 1 atom stereocenters. The van der Waals surface area contributed by atoms with Gasteiger partial charge < -0.3 is 15.5 Å². The number of hydrogen-bond acceptors (Lipinski definition) is 2. The summed E-state index contributed by atoms with van der Waals surface area (Å²) >= 11 is 0. The SMILES string of the molecule is CC(C)NC(=O)N1CCC[C@@H](C(=O)NCCc2ccccc2)C1. The molecule has 0 saturated carbocycles. The van der Waals surface area contributed by atoms with Crippen molar-refractivity contribution in [2.75, 3.05) is 19.6 Å². The fraction of sp³-hybridized carbons (Fsp3) is 0.556. The Bertz CT molecular complexity index is 516. The van der Waals surface area contributed by atoms with Crippen molar-refractivity contribution in [1.29, 1.82) is 0 Å². The third-order valence-corrected chi connectivity index (χ3v) is 4.05. The van der Waals surface area contributed by atoms with E-state index in [1.807, 2.05) is 32.0 Å². The summed E-state index contributed by atoms with van der Waals surface area (Å²) in [5.41, 5.74) is 1.22. The van der Waals surface area contributed by atoms with E-state index in [-0.39, 0.29) is 23.9 Å². The van der Waals surface area contributed by atoms with Gasteiger partial charge in [-0.3, -0.25) is 4.79 Å². The zero-order chi connectivity index (χ0) is 16.7. The summed E-state index contributed by atoms with van der Waals surface area (Å²) in [6.45, 7) is 5.75. The van der Waals surface area contributed by atoms with Gasteiger partial charge in [-0.25, -0.2) is 4.79 Å². The van der Waals surface area contributed by atoms with Crippen LogP contribution in [-0.2, 0) is 11.2 Å². The summed E-state index contributed by atoms with van der Waals surface area (Å²) in [5.74, 6) is -0.0413. The quantitative estimate of drug-likeness (QED) is 0.874. The molecule has 0 radical (unpaired) electrons. The molecular formula is C18H27N3O2. The number of piperidine rings is 1. The molecule has 0 aliphatic carbocycles. The van der Waals surface area contributed by atoms with Crippen molar-refractivity contribution in [2.45, 2.75) is 39.2 Å². The van der Waals surface area contributed by atoms with Crippen LogP contribution in [0.4, 0.5) is 4.79 Å². The van der Waals surface area contributed by atoms with Crippen LogP contribution < -0.4 is 10.6 Å². The molecule has 1 aromatic carbocycles. The van der Waals surface area contributed by atoms with E-state index in [1.54, 1.807) is 4.90 Å². The first-order valence-electron chi connectivity index (χ1n) is 8.43. The maximum Gasteiger partial charge on any atom is 0.317 e. The molecular weight excluding hydrogens is 290 g/mol. The molecule has 1 aliphatic rings. The van der Waals surface area contributed by atoms with E-state index in [9.17, 15) is 9.59 Å². The van der Waals surface area contributed by atoms with Gasteiger partial charge in [-0.1, -0.05) is 30.3 Å². The van der Waals surface area contributed by atoms with E-state index in [0.717, 1.165) is 25.8 Å². The zero-order valence-corrected chi connectivity index (χ0v) is 14.0. The van der Waals surface area contributed by atoms with Crippen LogP contribution >= 0.6 is 0 Å². The number of benzene rings is 1. The Kier molecular flexibility index (Phi) is 6.44. The molecule has 5 heteroatoms. The average Bonchev–Trinajstić information content (AvgIpc) is 2.55. The van der Waals surface area contributed by atoms with Gasteiger partial charge in [0.1, 0.15) is 0 Å². The first-order chi connectivity index (χ1) is 11.1. The summed E-state index contributed by atoms with van der Waals surface area (Å²) < 4.78 is 0. The molecule has 126 valence electrons. The first kappa shape index (κ1) is 17.3. The van der Waals surface area contributed by atoms with Gasteiger partial charge in [0.2, 0.25) is 5.91 Å². The largest absolute Gasteiger partial charge is 0.355 e. The molecule has 0 spiro atoms. The van der Waals surface area contributed by atoms with Crippen molar-refractivity contribution >= 4 is 11.9 Å². The van der Waals surface area contributed by atoms with Crippen molar-refractivity contribution in [2.24, 2.45) is 5.92 Å². The highest BCUT2D eigenvalue weighted by Crippen LogP contribution is 2.16. The molecule has 0 unspecified atom stereocenters. The summed E-state index contributed by atoms with van der Waals surface area (Å²) in [6, 6.07) is 10.2. The Morgan fingerprint density at radius 1 is 1.26 bits per heavy atom. The molecule has 1 aromatic rings. The number of carbonyl (C=O) groups excluding carboxylic acids is 2. The van der Waals surface area contributed by atoms with Gasteiger partial charge in [0.25, 0.3) is 0 Å². The Morgan fingerprint density at radius 3 is 2.70 bits per heavy atom. The van der Waals surface area contributed by atoms with Crippen LogP contribution in [-0.4, -0.2) is 42.5 Å². The van der Waals surface area contributed by atoms with Crippen molar-refractivity contribution in [3.63, 3.8) is 0 Å². The topological polar surface area (TPSA) is 61.4 Å². The highest BCUT2D eigenvalue weighted by atomic mass is 16.2. The molecule has 3 amide bonds. The van der Waals surface area contributed by atoms with Crippen LogP contribution in [0.5, 0.6) is 0 Å². The average molecular weight is 317 g/mol. The number of rotatable bonds is 5. The third-order valence-electron chi connectivity index (χ3n) is 4.05. The van der Waals surface area contributed by atoms with Crippen molar-refractivity contribution in [3.05, 3.63) is 35.9 Å². The molecule has 1 fully saturated rings. The van der Waals surface area contributed by atoms with Crippen molar-refractivity contribution < 1.29 is 9.59 Å². The maximum absolute atomic E-state index is 12.3. The van der Waals surface area contributed by atoms with Crippen molar-refractivity contribution in [1.82, 2.24) is 15.5 Å². The van der Waals surface area contributed by atoms with E-state index < -0.39 is 0 Å². The standard InChI is InChI=1S/C18H27N3O2/c1-14(2)20-18(23)21-12-6-9-16(13-21)17(22)19-11-10-15-7-4-3-5-8-15/h3-5,7-8,14,16H,6,9-13H2,1-2H3,(H,19,22)(H,20,23)/t16-/m1/s1. The zero-order valence-electron chi connectivity index (χ0n) is 14.0. The molecule has 2 N–H and O–H groups in total. The first-order valence-corrected chi connectivity index (χ1v) is 8.43. The minimum atomic E-state index is -0.0996. The van der Waals surface area contributed by atoms with Crippen LogP contribution in [0.25, 0.3) is 0 Å². The molecule has 2 rings (SSSR count). The lowest BCUT2D eigenvalue weighted by Gasteiger charge is -2.32. The predicted molar refractivity (Wildman–Crippen MR) is 91.1 cm³/mol. The normalized spacial score (nSPS) is 17.9. The number of likely N-dealkylation sites (tertiary alicyclic amines) is 1. The lowest BCUT2D eigenvalue weighted by atomic mass is 9.97. The highest BCUT2D eigenvalue weighted by molar-refractivity contribution is 5.80. The van der Waals surface area contributed by atoms with E-state index in [2.05, 4.69) is 22.8 Å². The molecule has 0 aromatic heterocycles. The lowest BCUT2D eigenvalue weighted by Crippen LogP contribution is -2.50. The molecule has 0 bridgehead atoms. The lowest BCUT2D eigenvalue weighted by molar-refractivity contribution is -0.126. The Labute approximate surface area is 138 Å². The van der Waals surface area contributed by atoms with Gasteiger partial charge >= 0.3 is 6.03 Å². The number of hydrogen-bond donors (Lipinski definition) is 2. The molecule has 1 aliphatic heterocycles. The highest BCUT2D eigenvalue weighted by Gasteiger charge is 2.28. The van der Waals surface area contributed by atoms with Gasteiger partial charge in [0, 0.05) is 25.7 Å². The Morgan fingerprint density at radius 2 is 2.00 bits per heavy atom. The molecule has 23 heavy (non-hydrogen) atoms. The van der Waals surface area contributed by atoms with Crippen LogP contribution in [0.15, 0.2) is 30.3 Å². The van der Waals surface area contributed by atoms with Gasteiger partial charge in [-0.15, -0.1) is 0 Å². The minimum Gasteiger partial charge on any atom is -0.355 e. The fourth-order valence-corrected chi connectivity index (χ4v) is 2.83. The maximum atomic E-state index is 12.3. The smallest absolute Gasteiger partial charge is 0.317 e. The van der Waals surface area contributed by atoms with Gasteiger partial charge in [0.15, 0.2) is 0 Å².